The van der Waals surface area contributed by atoms with Gasteiger partial charge < -0.3 is 10.0 Å². The zero-order chi connectivity index (χ0) is 15.6. The Morgan fingerprint density at radius 2 is 1.75 bits per heavy atom. The Balaban J connectivity index is 3.07. The average Bonchev–Trinajstić information content (AvgIpc) is 2.39. The second-order valence-corrected chi connectivity index (χ2v) is 4.27. The van der Waals surface area contributed by atoms with Crippen molar-refractivity contribution in [1.82, 2.24) is 4.90 Å². The van der Waals surface area contributed by atoms with Crippen LogP contribution in [-0.4, -0.2) is 35.5 Å². The number of rotatable bonds is 4. The molecule has 4 nitrogen and oxygen atoms in total. The third-order valence-electron chi connectivity index (χ3n) is 2.65. The van der Waals surface area contributed by atoms with E-state index < -0.39 is 46.6 Å². The van der Waals surface area contributed by atoms with E-state index >= 15 is 0 Å². The second-order valence-electron chi connectivity index (χ2n) is 4.27. The molecule has 20 heavy (non-hydrogen) atoms. The zero-order valence-corrected chi connectivity index (χ0v) is 10.6. The van der Waals surface area contributed by atoms with E-state index in [2.05, 4.69) is 0 Å². The van der Waals surface area contributed by atoms with E-state index in [1.165, 1.54) is 6.92 Å². The normalized spacial score (nSPS) is 12.1. The standard InChI is InChI=1S/C12H11F4NO3/c1-5(12(19)20)4-17(2)11(18)6-3-7(13)9(15)10(16)8(6)14/h3,5H,4H2,1-2H3,(H,19,20). The SMILES string of the molecule is CC(CN(C)C(=O)c1cc(F)c(F)c(F)c1F)C(=O)O. The number of aliphatic carboxylic acids is 1. The molecule has 1 unspecified atom stereocenters. The van der Waals surface area contributed by atoms with Crippen molar-refractivity contribution in [3.05, 3.63) is 34.9 Å². The molecule has 0 aliphatic carbocycles. The molecule has 0 bridgehead atoms. The summed E-state index contributed by atoms with van der Waals surface area (Å²) in [5.41, 5.74) is -0.999. The molecule has 0 spiro atoms. The van der Waals surface area contributed by atoms with Gasteiger partial charge in [0.15, 0.2) is 23.3 Å². The minimum Gasteiger partial charge on any atom is -0.481 e. The van der Waals surface area contributed by atoms with Crippen LogP contribution < -0.4 is 0 Å². The minimum absolute atomic E-state index is 0.234. The van der Waals surface area contributed by atoms with Crippen LogP contribution in [0.2, 0.25) is 0 Å². The lowest BCUT2D eigenvalue weighted by atomic mass is 10.1. The van der Waals surface area contributed by atoms with Crippen LogP contribution in [0.1, 0.15) is 17.3 Å². The summed E-state index contributed by atoms with van der Waals surface area (Å²) in [6.07, 6.45) is 0. The van der Waals surface area contributed by atoms with Crippen LogP contribution in [0.4, 0.5) is 17.6 Å². The highest BCUT2D eigenvalue weighted by Crippen LogP contribution is 2.20. The number of benzene rings is 1. The molecular weight excluding hydrogens is 282 g/mol. The largest absolute Gasteiger partial charge is 0.481 e. The molecular formula is C12H11F4NO3. The van der Waals surface area contributed by atoms with Crippen molar-refractivity contribution in [3.8, 4) is 0 Å². The molecule has 0 aromatic heterocycles. The number of carbonyl (C=O) groups is 2. The van der Waals surface area contributed by atoms with Gasteiger partial charge in [-0.25, -0.2) is 17.6 Å². The van der Waals surface area contributed by atoms with Gasteiger partial charge in [-0.05, 0) is 6.07 Å². The predicted molar refractivity (Wildman–Crippen MR) is 60.0 cm³/mol. The Hall–Kier alpha value is -2.12. The Kier molecular flexibility index (Phi) is 4.69. The molecule has 1 amide bonds. The maximum absolute atomic E-state index is 13.4. The average molecular weight is 293 g/mol. The van der Waals surface area contributed by atoms with Gasteiger partial charge in [-0.15, -0.1) is 0 Å². The van der Waals surface area contributed by atoms with E-state index in [0.29, 0.717) is 0 Å². The van der Waals surface area contributed by atoms with Crippen molar-refractivity contribution in [2.24, 2.45) is 5.92 Å². The van der Waals surface area contributed by atoms with Crippen LogP contribution in [0.5, 0.6) is 0 Å². The first-order valence-electron chi connectivity index (χ1n) is 5.48. The van der Waals surface area contributed by atoms with E-state index in [1.54, 1.807) is 0 Å². The Morgan fingerprint density at radius 3 is 2.25 bits per heavy atom. The second kappa shape index (κ2) is 5.89. The number of halogens is 4. The van der Waals surface area contributed by atoms with Crippen LogP contribution in [-0.2, 0) is 4.79 Å². The van der Waals surface area contributed by atoms with Crippen molar-refractivity contribution < 1.29 is 32.3 Å². The topological polar surface area (TPSA) is 57.6 Å². The fraction of sp³-hybridized carbons (Fsp3) is 0.333. The lowest BCUT2D eigenvalue weighted by molar-refractivity contribution is -0.141. The van der Waals surface area contributed by atoms with E-state index in [4.69, 9.17) is 5.11 Å². The lowest BCUT2D eigenvalue weighted by Crippen LogP contribution is -2.34. The zero-order valence-electron chi connectivity index (χ0n) is 10.6. The number of carbonyl (C=O) groups excluding carboxylic acids is 1. The summed E-state index contributed by atoms with van der Waals surface area (Å²) in [5.74, 6) is -10.9. The highest BCUT2D eigenvalue weighted by Gasteiger charge is 2.26. The highest BCUT2D eigenvalue weighted by molar-refractivity contribution is 5.94. The number of nitrogens with zero attached hydrogens (tertiary/aromatic N) is 1. The van der Waals surface area contributed by atoms with Crippen LogP contribution >= 0.6 is 0 Å². The molecule has 1 atom stereocenters. The molecule has 0 saturated heterocycles. The van der Waals surface area contributed by atoms with Gasteiger partial charge in [0, 0.05) is 13.6 Å². The molecule has 8 heteroatoms. The molecule has 0 saturated carbocycles. The summed E-state index contributed by atoms with van der Waals surface area (Å²) >= 11 is 0. The van der Waals surface area contributed by atoms with Crippen LogP contribution in [0.3, 0.4) is 0 Å². The van der Waals surface area contributed by atoms with E-state index in [1.807, 2.05) is 0 Å². The molecule has 1 rings (SSSR count). The summed E-state index contributed by atoms with van der Waals surface area (Å²) < 4.78 is 52.2. The van der Waals surface area contributed by atoms with Crippen LogP contribution in [0, 0.1) is 29.2 Å². The maximum atomic E-state index is 13.4. The van der Waals surface area contributed by atoms with Gasteiger partial charge >= 0.3 is 5.97 Å². The first-order valence-corrected chi connectivity index (χ1v) is 5.48. The Morgan fingerprint density at radius 1 is 1.20 bits per heavy atom. The molecule has 1 N–H and O–H groups in total. The molecule has 0 fully saturated rings. The van der Waals surface area contributed by atoms with Crippen molar-refractivity contribution in [3.63, 3.8) is 0 Å². The van der Waals surface area contributed by atoms with Gasteiger partial charge in [0.05, 0.1) is 11.5 Å². The number of hydrogen-bond acceptors (Lipinski definition) is 2. The quantitative estimate of drug-likeness (QED) is 0.525. The Labute approximate surface area is 111 Å². The summed E-state index contributed by atoms with van der Waals surface area (Å²) in [6, 6.07) is 0.234. The lowest BCUT2D eigenvalue weighted by Gasteiger charge is -2.20. The van der Waals surface area contributed by atoms with Gasteiger partial charge in [0.2, 0.25) is 0 Å². The molecule has 0 aliphatic rings. The Bertz CT molecular complexity index is 562. The van der Waals surface area contributed by atoms with Gasteiger partial charge in [0.25, 0.3) is 5.91 Å². The molecule has 0 heterocycles. The van der Waals surface area contributed by atoms with Gasteiger partial charge in [-0.3, -0.25) is 9.59 Å². The van der Waals surface area contributed by atoms with Crippen LogP contribution in [0.15, 0.2) is 6.07 Å². The predicted octanol–water partition coefficient (Wildman–Crippen LogP) is 2.04. The number of hydrogen-bond donors (Lipinski definition) is 1. The van der Waals surface area contributed by atoms with E-state index in [9.17, 15) is 27.2 Å². The summed E-state index contributed by atoms with van der Waals surface area (Å²) in [5, 5.41) is 8.68. The van der Waals surface area contributed by atoms with Crippen molar-refractivity contribution in [2.45, 2.75) is 6.92 Å². The van der Waals surface area contributed by atoms with Crippen LogP contribution in [0.25, 0.3) is 0 Å². The smallest absolute Gasteiger partial charge is 0.308 e. The fourth-order valence-electron chi connectivity index (χ4n) is 1.51. The highest BCUT2D eigenvalue weighted by atomic mass is 19.2. The molecule has 1 aromatic rings. The maximum Gasteiger partial charge on any atom is 0.308 e. The molecule has 0 aliphatic heterocycles. The number of carboxylic acid groups (broad SMARTS) is 1. The van der Waals surface area contributed by atoms with Crippen molar-refractivity contribution in [1.29, 1.82) is 0 Å². The summed E-state index contributed by atoms with van der Waals surface area (Å²) in [7, 11) is 1.14. The summed E-state index contributed by atoms with van der Waals surface area (Å²) in [6.45, 7) is 1.00. The third kappa shape index (κ3) is 3.06. The van der Waals surface area contributed by atoms with Crippen molar-refractivity contribution in [2.75, 3.05) is 13.6 Å². The van der Waals surface area contributed by atoms with Gasteiger partial charge in [-0.2, -0.15) is 0 Å². The molecule has 0 radical (unpaired) electrons. The van der Waals surface area contributed by atoms with Gasteiger partial charge in [0.1, 0.15) is 0 Å². The first kappa shape index (κ1) is 15.9. The van der Waals surface area contributed by atoms with Gasteiger partial charge in [-0.1, -0.05) is 6.92 Å². The summed E-state index contributed by atoms with van der Waals surface area (Å²) in [4.78, 5) is 23.2. The monoisotopic (exact) mass is 293 g/mol. The van der Waals surface area contributed by atoms with E-state index in [-0.39, 0.29) is 12.6 Å². The third-order valence-corrected chi connectivity index (χ3v) is 2.65. The molecule has 1 aromatic carbocycles. The first-order chi connectivity index (χ1) is 9.16. The molecule has 110 valence electrons. The minimum atomic E-state index is -2.09. The van der Waals surface area contributed by atoms with Crippen molar-refractivity contribution >= 4 is 11.9 Å². The number of carboxylic acids is 1. The fourth-order valence-corrected chi connectivity index (χ4v) is 1.51. The van der Waals surface area contributed by atoms with E-state index in [0.717, 1.165) is 11.9 Å². The number of amides is 1.